The molecule has 0 aromatic rings. The number of carbonyl (C=O) groups is 2. The number of unbranched alkanes of at least 4 members (excludes halogenated alkanes) is 28. The van der Waals surface area contributed by atoms with Gasteiger partial charge in [0.25, 0.3) is 0 Å². The van der Waals surface area contributed by atoms with Crippen LogP contribution in [0.1, 0.15) is 252 Å². The van der Waals surface area contributed by atoms with Crippen molar-refractivity contribution in [2.24, 2.45) is 0 Å². The lowest BCUT2D eigenvalue weighted by Crippen LogP contribution is -2.47. The van der Waals surface area contributed by atoms with Crippen LogP contribution in [0.15, 0.2) is 72.9 Å². The number of ether oxygens (including phenoxy) is 1. The molecule has 3 unspecified atom stereocenters. The highest BCUT2D eigenvalue weighted by Crippen LogP contribution is 2.43. The van der Waals surface area contributed by atoms with Gasteiger partial charge in [0.15, 0.2) is 0 Å². The largest absolute Gasteiger partial charge is 0.472 e. The summed E-state index contributed by atoms with van der Waals surface area (Å²) < 4.78 is 30.6. The molecule has 3 atom stereocenters. The van der Waals surface area contributed by atoms with Crippen molar-refractivity contribution in [2.75, 3.05) is 40.9 Å². The first-order valence-electron chi connectivity index (χ1n) is 29.3. The van der Waals surface area contributed by atoms with Gasteiger partial charge in [-0.1, -0.05) is 229 Å². The predicted molar refractivity (Wildman–Crippen MR) is 305 cm³/mol. The van der Waals surface area contributed by atoms with Crippen LogP contribution in [-0.2, 0) is 27.9 Å². The molecular weight excluding hydrogens is 904 g/mol. The molecule has 0 bridgehead atoms. The van der Waals surface area contributed by atoms with Gasteiger partial charge in [-0.25, -0.2) is 4.57 Å². The summed E-state index contributed by atoms with van der Waals surface area (Å²) in [6, 6.07) is -0.860. The first kappa shape index (κ1) is 68.5. The Labute approximate surface area is 438 Å². The van der Waals surface area contributed by atoms with E-state index in [1.807, 2.05) is 33.3 Å². The van der Waals surface area contributed by atoms with Crippen molar-refractivity contribution in [3.05, 3.63) is 72.9 Å². The van der Waals surface area contributed by atoms with Gasteiger partial charge in [0.1, 0.15) is 19.3 Å². The Morgan fingerprint density at radius 2 is 0.958 bits per heavy atom. The molecule has 0 aliphatic carbocycles. The second-order valence-electron chi connectivity index (χ2n) is 20.8. The number of carbonyl (C=O) groups excluding carboxylic acids is 2. The summed E-state index contributed by atoms with van der Waals surface area (Å²) in [4.78, 5) is 37.6. The number of phosphoric ester groups is 1. The molecule has 0 aliphatic rings. The van der Waals surface area contributed by atoms with E-state index in [1.54, 1.807) is 0 Å². The number of amides is 1. The van der Waals surface area contributed by atoms with Crippen molar-refractivity contribution in [2.45, 2.75) is 264 Å². The molecule has 71 heavy (non-hydrogen) atoms. The van der Waals surface area contributed by atoms with Crippen LogP contribution >= 0.6 is 7.82 Å². The summed E-state index contributed by atoms with van der Waals surface area (Å²) in [5.74, 6) is -0.534. The quantitative estimate of drug-likeness (QED) is 0.0156. The number of allylic oxidation sites excluding steroid dienone is 11. The maximum atomic E-state index is 13.5. The molecule has 412 valence electrons. The highest BCUT2D eigenvalue weighted by molar-refractivity contribution is 7.47. The molecule has 2 N–H and O–H groups in total. The summed E-state index contributed by atoms with van der Waals surface area (Å²) >= 11 is 0. The van der Waals surface area contributed by atoms with Gasteiger partial charge in [-0.15, -0.1) is 0 Å². The Morgan fingerprint density at radius 1 is 0.521 bits per heavy atom. The van der Waals surface area contributed by atoms with Crippen LogP contribution in [0, 0.1) is 0 Å². The van der Waals surface area contributed by atoms with Crippen molar-refractivity contribution in [1.29, 1.82) is 0 Å². The number of hydrogen-bond acceptors (Lipinski definition) is 6. The Balaban J connectivity index is 5.34. The number of hydrogen-bond donors (Lipinski definition) is 2. The number of phosphoric acid groups is 1. The molecule has 0 aromatic carbocycles. The van der Waals surface area contributed by atoms with Gasteiger partial charge in [0.2, 0.25) is 5.91 Å². The van der Waals surface area contributed by atoms with Gasteiger partial charge in [-0.3, -0.25) is 18.6 Å². The number of esters is 1. The number of nitrogens with one attached hydrogen (secondary N) is 1. The Morgan fingerprint density at radius 3 is 1.48 bits per heavy atom. The second-order valence-corrected chi connectivity index (χ2v) is 22.3. The zero-order valence-electron chi connectivity index (χ0n) is 47.0. The summed E-state index contributed by atoms with van der Waals surface area (Å²) in [7, 11) is 1.47. The maximum absolute atomic E-state index is 13.5. The third kappa shape index (κ3) is 52.1. The fourth-order valence-electron chi connectivity index (χ4n) is 8.15. The molecule has 10 heteroatoms. The van der Waals surface area contributed by atoms with Gasteiger partial charge in [0, 0.05) is 12.8 Å². The molecular formula is C61H112N2O7P+. The monoisotopic (exact) mass is 1020 g/mol. The Bertz CT molecular complexity index is 1450. The Hall–Kier alpha value is -2.55. The lowest BCUT2D eigenvalue weighted by molar-refractivity contribution is -0.870. The zero-order chi connectivity index (χ0) is 52.2. The van der Waals surface area contributed by atoms with Crippen LogP contribution in [0.4, 0.5) is 0 Å². The van der Waals surface area contributed by atoms with Crippen LogP contribution in [-0.4, -0.2) is 74.3 Å². The predicted octanol–water partition coefficient (Wildman–Crippen LogP) is 17.7. The van der Waals surface area contributed by atoms with Gasteiger partial charge in [-0.05, 0) is 83.1 Å². The molecule has 1 amide bonds. The van der Waals surface area contributed by atoms with Crippen LogP contribution in [0.25, 0.3) is 0 Å². The summed E-state index contributed by atoms with van der Waals surface area (Å²) in [6.45, 7) is 6.84. The van der Waals surface area contributed by atoms with E-state index in [1.165, 1.54) is 116 Å². The van der Waals surface area contributed by atoms with Crippen molar-refractivity contribution in [3.63, 3.8) is 0 Å². The minimum Gasteiger partial charge on any atom is -0.456 e. The molecule has 0 heterocycles. The maximum Gasteiger partial charge on any atom is 0.472 e. The second kappa shape index (κ2) is 51.0. The number of quaternary nitrogens is 1. The third-order valence-electron chi connectivity index (χ3n) is 12.7. The van der Waals surface area contributed by atoms with E-state index in [9.17, 15) is 19.0 Å². The number of rotatable bonds is 52. The molecule has 0 saturated heterocycles. The number of nitrogens with zero attached hydrogens (tertiary/aromatic N) is 1. The van der Waals surface area contributed by atoms with Crippen LogP contribution in [0.2, 0.25) is 0 Å². The highest BCUT2D eigenvalue weighted by Gasteiger charge is 2.30. The van der Waals surface area contributed by atoms with Crippen molar-refractivity contribution in [1.82, 2.24) is 5.32 Å². The molecule has 0 radical (unpaired) electrons. The summed E-state index contributed by atoms with van der Waals surface area (Å²) in [6.07, 6.45) is 64.6. The minimum atomic E-state index is -4.45. The average Bonchev–Trinajstić information content (AvgIpc) is 3.33. The minimum absolute atomic E-state index is 0.0335. The lowest BCUT2D eigenvalue weighted by atomic mass is 10.0. The molecule has 0 fully saturated rings. The van der Waals surface area contributed by atoms with E-state index in [0.29, 0.717) is 23.9 Å². The number of likely N-dealkylation sites (N-methyl/N-ethyl adjacent to an activating group) is 1. The van der Waals surface area contributed by atoms with Crippen molar-refractivity contribution in [3.8, 4) is 0 Å². The van der Waals surface area contributed by atoms with Gasteiger partial charge >= 0.3 is 13.8 Å². The van der Waals surface area contributed by atoms with E-state index in [0.717, 1.165) is 96.3 Å². The molecule has 0 spiro atoms. The van der Waals surface area contributed by atoms with Crippen LogP contribution in [0.3, 0.4) is 0 Å². The topological polar surface area (TPSA) is 111 Å². The standard InChI is InChI=1S/C61H111N2O7P/c1-7-10-13-16-19-22-25-28-29-30-31-32-33-36-38-41-44-47-50-53-60(64)62-58(57-69-71(66,67)68-56-55-63(4,5)6)59(52-49-46-43-40-37-34-26-23-20-17-14-11-8-2)70-61(65)54-51-48-45-42-39-35-27-24-21-18-15-12-9-3/h12,15,18-19,21-22,24,27-29,49,52,58-59H,7-11,13-14,16-17,20,23,25-26,30-48,50-51,53-57H2,1-6H3,(H-,62,64,66,67)/p+1/b15-12+,21-18+,22-19-,27-24-,29-28-,52-49-. The van der Waals surface area contributed by atoms with Gasteiger partial charge in [0.05, 0.1) is 33.8 Å². The first-order valence-corrected chi connectivity index (χ1v) is 30.8. The van der Waals surface area contributed by atoms with E-state index >= 15 is 0 Å². The fourth-order valence-corrected chi connectivity index (χ4v) is 8.88. The van der Waals surface area contributed by atoms with E-state index in [2.05, 4.69) is 86.8 Å². The third-order valence-corrected chi connectivity index (χ3v) is 13.7. The normalized spacial score (nSPS) is 14.3. The Kier molecular flexibility index (Phi) is 49.1. The van der Waals surface area contributed by atoms with Crippen molar-refractivity contribution < 1.29 is 37.3 Å². The molecule has 9 nitrogen and oxygen atoms in total. The summed E-state index contributed by atoms with van der Waals surface area (Å²) in [5, 5.41) is 3.04. The van der Waals surface area contributed by atoms with E-state index < -0.39 is 20.0 Å². The van der Waals surface area contributed by atoms with Gasteiger partial charge < -0.3 is 19.4 Å². The van der Waals surface area contributed by atoms with Crippen LogP contribution in [0.5, 0.6) is 0 Å². The van der Waals surface area contributed by atoms with Crippen LogP contribution < -0.4 is 5.32 Å². The van der Waals surface area contributed by atoms with E-state index in [4.69, 9.17) is 13.8 Å². The zero-order valence-corrected chi connectivity index (χ0v) is 47.8. The molecule has 0 rings (SSSR count). The fraction of sp³-hybridized carbons (Fsp3) is 0.770. The smallest absolute Gasteiger partial charge is 0.456 e. The molecule has 0 aliphatic heterocycles. The van der Waals surface area contributed by atoms with Gasteiger partial charge in [-0.2, -0.15) is 0 Å². The first-order chi connectivity index (χ1) is 34.4. The van der Waals surface area contributed by atoms with Crippen molar-refractivity contribution >= 4 is 19.7 Å². The lowest BCUT2D eigenvalue weighted by Gasteiger charge is -2.27. The summed E-state index contributed by atoms with van der Waals surface area (Å²) in [5.41, 5.74) is 0. The van der Waals surface area contributed by atoms with E-state index in [-0.39, 0.29) is 31.5 Å². The average molecular weight is 1020 g/mol. The SMILES string of the molecule is CC/C=C/C=C/C=C\CCCCCCCC(=O)OC(/C=C\CCCCCCCCCCCCC)C(COP(=O)(O)OCC[N+](C)(C)C)NC(=O)CCCCCCCCCCC/C=C\C/C=C\CCCCC. The molecule has 0 saturated carbocycles. The molecule has 0 aromatic heterocycles. The highest BCUT2D eigenvalue weighted by atomic mass is 31.2.